The molecule has 2 aliphatic rings. The minimum Gasteiger partial charge on any atom is -0.297 e. The molecule has 2 aliphatic heterocycles. The zero-order valence-electron chi connectivity index (χ0n) is 17.2. The lowest BCUT2D eigenvalue weighted by molar-refractivity contribution is -0.124. The molecule has 1 saturated heterocycles. The number of urea groups is 1. The Morgan fingerprint density at radius 1 is 1.10 bits per heavy atom. The van der Waals surface area contributed by atoms with E-state index in [2.05, 4.69) is 9.98 Å². The van der Waals surface area contributed by atoms with Gasteiger partial charge in [0.25, 0.3) is 5.91 Å². The van der Waals surface area contributed by atoms with E-state index in [1.165, 1.54) is 16.1 Å². The van der Waals surface area contributed by atoms with Crippen LogP contribution in [0.2, 0.25) is 5.02 Å². The molecule has 2 aromatic rings. The largest absolute Gasteiger partial charge is 0.328 e. The van der Waals surface area contributed by atoms with Crippen LogP contribution in [0.3, 0.4) is 0 Å². The lowest BCUT2D eigenvalue weighted by atomic mass is 9.87. The summed E-state index contributed by atoms with van der Waals surface area (Å²) in [6, 6.07) is 13.4. The summed E-state index contributed by atoms with van der Waals surface area (Å²) < 4.78 is 0. The Hall–Kier alpha value is -3.32. The van der Waals surface area contributed by atoms with Crippen molar-refractivity contribution in [3.8, 4) is 0 Å². The lowest BCUT2D eigenvalue weighted by Gasteiger charge is -2.44. The van der Waals surface area contributed by atoms with Gasteiger partial charge in [-0.15, -0.1) is 0 Å². The number of hydrogen-bond acceptors (Lipinski definition) is 5. The third-order valence-electron chi connectivity index (χ3n) is 5.61. The molecule has 1 atom stereocenters. The van der Waals surface area contributed by atoms with E-state index in [9.17, 15) is 14.4 Å². The van der Waals surface area contributed by atoms with Crippen LogP contribution in [0, 0.1) is 0 Å². The molecule has 8 heteroatoms. The number of fused-ring (bicyclic) bond motifs is 1. The first-order valence-corrected chi connectivity index (χ1v) is 10.4. The van der Waals surface area contributed by atoms with E-state index < -0.39 is 17.6 Å². The zero-order valence-corrected chi connectivity index (χ0v) is 18.0. The molecule has 0 saturated carbocycles. The summed E-state index contributed by atoms with van der Waals surface area (Å²) in [5.74, 6) is -0.614. The molecule has 31 heavy (non-hydrogen) atoms. The number of imide groups is 1. The summed E-state index contributed by atoms with van der Waals surface area (Å²) >= 11 is 5.95. The molecule has 4 rings (SSSR count). The maximum atomic E-state index is 13.2. The Morgan fingerprint density at radius 3 is 2.52 bits per heavy atom. The average molecular weight is 437 g/mol. The summed E-state index contributed by atoms with van der Waals surface area (Å²) in [6.45, 7) is 2.21. The molecule has 0 bridgehead atoms. The standard InChI is InChI=1S/C23H21ClN4O3/c1-3-12-28-21(30)20-23(26-14-25-20,27(2)22(28)31)13-16-6-4-5-7-18(16)19(29)15-8-10-17(24)11-9-15/h4-11,14H,3,12-13H2,1-2H3. The van der Waals surface area contributed by atoms with Gasteiger partial charge in [-0.1, -0.05) is 42.8 Å². The summed E-state index contributed by atoms with van der Waals surface area (Å²) in [4.78, 5) is 50.4. The quantitative estimate of drug-likeness (QED) is 0.649. The molecule has 0 aromatic heterocycles. The Morgan fingerprint density at radius 2 is 1.81 bits per heavy atom. The number of carbonyl (C=O) groups excluding carboxylic acids is 3. The highest BCUT2D eigenvalue weighted by atomic mass is 35.5. The molecular formula is C23H21ClN4O3. The third kappa shape index (κ3) is 3.45. The van der Waals surface area contributed by atoms with Crippen LogP contribution in [-0.2, 0) is 11.2 Å². The fourth-order valence-electron chi connectivity index (χ4n) is 3.96. The Bertz CT molecular complexity index is 1130. The number of amides is 3. The minimum atomic E-state index is -1.27. The van der Waals surface area contributed by atoms with Gasteiger partial charge in [0.2, 0.25) is 0 Å². The summed E-state index contributed by atoms with van der Waals surface area (Å²) in [6.07, 6.45) is 2.12. The van der Waals surface area contributed by atoms with Crippen molar-refractivity contribution in [1.82, 2.24) is 9.80 Å². The summed E-state index contributed by atoms with van der Waals surface area (Å²) in [7, 11) is 1.61. The first-order chi connectivity index (χ1) is 14.9. The van der Waals surface area contributed by atoms with Gasteiger partial charge in [0.1, 0.15) is 6.34 Å². The van der Waals surface area contributed by atoms with Gasteiger partial charge < -0.3 is 0 Å². The molecule has 1 fully saturated rings. The maximum absolute atomic E-state index is 13.2. The molecule has 3 amide bonds. The van der Waals surface area contributed by atoms with Crippen molar-refractivity contribution >= 4 is 41.4 Å². The smallest absolute Gasteiger partial charge is 0.297 e. The SMILES string of the molecule is CCCN1C(=O)C2=NC=NC2(Cc2ccccc2C(=O)c2ccc(Cl)cc2)N(C)C1=O. The Labute approximate surface area is 185 Å². The number of hydrogen-bond donors (Lipinski definition) is 0. The summed E-state index contributed by atoms with van der Waals surface area (Å²) in [5.41, 5.74) is 0.568. The second kappa shape index (κ2) is 8.07. The second-order valence-corrected chi connectivity index (χ2v) is 7.94. The number of carbonyl (C=O) groups is 3. The number of nitrogens with zero attached hydrogens (tertiary/aromatic N) is 4. The summed E-state index contributed by atoms with van der Waals surface area (Å²) in [5, 5.41) is 0.544. The van der Waals surface area contributed by atoms with Crippen molar-refractivity contribution in [2.45, 2.75) is 25.4 Å². The van der Waals surface area contributed by atoms with Gasteiger partial charge in [-0.25, -0.2) is 14.8 Å². The van der Waals surface area contributed by atoms with Gasteiger partial charge in [0.15, 0.2) is 17.2 Å². The minimum absolute atomic E-state index is 0.159. The monoisotopic (exact) mass is 436 g/mol. The number of aliphatic imine (C=N–C) groups is 2. The van der Waals surface area contributed by atoms with Crippen LogP contribution in [0.5, 0.6) is 0 Å². The van der Waals surface area contributed by atoms with Crippen molar-refractivity contribution in [3.05, 3.63) is 70.2 Å². The van der Waals surface area contributed by atoms with E-state index in [1.807, 2.05) is 19.1 Å². The van der Waals surface area contributed by atoms with Crippen LogP contribution < -0.4 is 0 Å². The molecule has 7 nitrogen and oxygen atoms in total. The molecule has 158 valence electrons. The van der Waals surface area contributed by atoms with Gasteiger partial charge >= 0.3 is 6.03 Å². The van der Waals surface area contributed by atoms with Crippen LogP contribution in [0.1, 0.15) is 34.8 Å². The van der Waals surface area contributed by atoms with Crippen molar-refractivity contribution in [2.24, 2.45) is 9.98 Å². The van der Waals surface area contributed by atoms with Crippen LogP contribution in [-0.4, -0.2) is 58.8 Å². The molecule has 2 aromatic carbocycles. The molecule has 1 unspecified atom stereocenters. The van der Waals surface area contributed by atoms with Gasteiger partial charge in [-0.2, -0.15) is 0 Å². The van der Waals surface area contributed by atoms with Gasteiger partial charge in [-0.3, -0.25) is 19.4 Å². The number of halogens is 1. The molecule has 0 N–H and O–H groups in total. The molecule has 0 spiro atoms. The predicted molar refractivity (Wildman–Crippen MR) is 119 cm³/mol. The van der Waals surface area contributed by atoms with E-state index in [0.29, 0.717) is 34.7 Å². The van der Waals surface area contributed by atoms with Crippen molar-refractivity contribution in [1.29, 1.82) is 0 Å². The Kier molecular flexibility index (Phi) is 5.45. The highest BCUT2D eigenvalue weighted by molar-refractivity contribution is 6.48. The Balaban J connectivity index is 1.73. The normalized spacial score (nSPS) is 20.2. The van der Waals surface area contributed by atoms with Crippen LogP contribution in [0.15, 0.2) is 58.5 Å². The fraction of sp³-hybridized carbons (Fsp3) is 0.261. The predicted octanol–water partition coefficient (Wildman–Crippen LogP) is 3.60. The van der Waals surface area contributed by atoms with Crippen LogP contribution in [0.25, 0.3) is 0 Å². The van der Waals surface area contributed by atoms with Crippen LogP contribution >= 0.6 is 11.6 Å². The van der Waals surface area contributed by atoms with E-state index >= 15 is 0 Å². The highest BCUT2D eigenvalue weighted by Gasteiger charge is 2.54. The van der Waals surface area contributed by atoms with Crippen molar-refractivity contribution in [2.75, 3.05) is 13.6 Å². The first-order valence-electron chi connectivity index (χ1n) is 9.99. The third-order valence-corrected chi connectivity index (χ3v) is 5.86. The number of ketones is 1. The van der Waals surface area contributed by atoms with Crippen molar-refractivity contribution in [3.63, 3.8) is 0 Å². The van der Waals surface area contributed by atoms with Crippen LogP contribution in [0.4, 0.5) is 4.79 Å². The fourth-order valence-corrected chi connectivity index (χ4v) is 4.09. The van der Waals surface area contributed by atoms with E-state index in [1.54, 1.807) is 43.4 Å². The molecule has 0 radical (unpaired) electrons. The number of likely N-dealkylation sites (N-methyl/N-ethyl adjacent to an activating group) is 1. The zero-order chi connectivity index (χ0) is 22.2. The van der Waals surface area contributed by atoms with E-state index in [0.717, 1.165) is 0 Å². The van der Waals surface area contributed by atoms with Crippen molar-refractivity contribution < 1.29 is 14.4 Å². The maximum Gasteiger partial charge on any atom is 0.328 e. The second-order valence-electron chi connectivity index (χ2n) is 7.51. The molecular weight excluding hydrogens is 416 g/mol. The van der Waals surface area contributed by atoms with Gasteiger partial charge in [0, 0.05) is 36.2 Å². The highest BCUT2D eigenvalue weighted by Crippen LogP contribution is 2.33. The number of rotatable bonds is 6. The average Bonchev–Trinajstić information content (AvgIpc) is 3.21. The van der Waals surface area contributed by atoms with E-state index in [4.69, 9.17) is 11.6 Å². The van der Waals surface area contributed by atoms with Gasteiger partial charge in [-0.05, 0) is 36.2 Å². The topological polar surface area (TPSA) is 82.4 Å². The van der Waals surface area contributed by atoms with Gasteiger partial charge in [0.05, 0.1) is 0 Å². The molecule has 0 aliphatic carbocycles. The first kappa shape index (κ1) is 20.9. The lowest BCUT2D eigenvalue weighted by Crippen LogP contribution is -2.67. The number of benzene rings is 2. The molecule has 2 heterocycles. The van der Waals surface area contributed by atoms with E-state index in [-0.39, 0.29) is 17.9 Å².